The maximum atomic E-state index is 6.76. The first-order chi connectivity index (χ1) is 18.2. The molecule has 1 aromatic carbocycles. The Morgan fingerprint density at radius 2 is 1.78 bits per heavy atom. The first kappa shape index (κ1) is 25.7. The fraction of sp³-hybridized carbons (Fsp3) is 0.758. The molecule has 37 heavy (non-hydrogen) atoms. The zero-order chi connectivity index (χ0) is 25.2. The Hall–Kier alpha value is -1.54. The molecule has 5 unspecified atom stereocenters. The van der Waals surface area contributed by atoms with Gasteiger partial charge in [-0.15, -0.1) is 11.8 Å². The molecule has 0 aromatic heterocycles. The second-order valence-electron chi connectivity index (χ2n) is 12.5. The third kappa shape index (κ3) is 5.21. The Kier molecular flexibility index (Phi) is 7.85. The fourth-order valence-electron chi connectivity index (χ4n) is 8.74. The van der Waals surface area contributed by atoms with Gasteiger partial charge >= 0.3 is 0 Å². The quantitative estimate of drug-likeness (QED) is 0.377. The van der Waals surface area contributed by atoms with Crippen molar-refractivity contribution in [1.82, 2.24) is 0 Å². The van der Waals surface area contributed by atoms with Gasteiger partial charge in [-0.2, -0.15) is 0 Å². The number of fused-ring (bicyclic) bond motifs is 5. The minimum Gasteiger partial charge on any atom is -0.465 e. The summed E-state index contributed by atoms with van der Waals surface area (Å²) < 4.78 is 24.9. The van der Waals surface area contributed by atoms with Crippen molar-refractivity contribution >= 4 is 0 Å². The molecule has 2 heterocycles. The summed E-state index contributed by atoms with van der Waals surface area (Å²) in [5.74, 6) is 10.3. The van der Waals surface area contributed by atoms with E-state index in [0.717, 1.165) is 62.9 Å². The maximum Gasteiger partial charge on any atom is 0.199 e. The van der Waals surface area contributed by atoms with E-state index < -0.39 is 0 Å². The predicted octanol–water partition coefficient (Wildman–Crippen LogP) is 7.39. The lowest BCUT2D eigenvalue weighted by Gasteiger charge is -2.54. The fourth-order valence-corrected chi connectivity index (χ4v) is 8.74. The van der Waals surface area contributed by atoms with Crippen molar-refractivity contribution in [2.45, 2.75) is 122 Å². The number of hydrogen-bond acceptors (Lipinski definition) is 4. The van der Waals surface area contributed by atoms with Gasteiger partial charge in [0.15, 0.2) is 12.6 Å². The van der Waals surface area contributed by atoms with Crippen molar-refractivity contribution in [1.29, 1.82) is 0 Å². The van der Waals surface area contributed by atoms with Crippen LogP contribution in [0.3, 0.4) is 0 Å². The van der Waals surface area contributed by atoms with Gasteiger partial charge in [0.2, 0.25) is 0 Å². The highest BCUT2D eigenvalue weighted by atomic mass is 16.7. The van der Waals surface area contributed by atoms with Crippen LogP contribution in [0, 0.1) is 35.0 Å². The van der Waals surface area contributed by atoms with E-state index in [1.54, 1.807) is 5.56 Å². The van der Waals surface area contributed by atoms with Crippen LogP contribution in [0.4, 0.5) is 0 Å². The summed E-state index contributed by atoms with van der Waals surface area (Å²) in [5.41, 5.74) is 3.33. The third-order valence-corrected chi connectivity index (χ3v) is 10.4. The van der Waals surface area contributed by atoms with Crippen LogP contribution in [-0.2, 0) is 20.6 Å². The normalized spacial score (nSPS) is 39.0. The van der Waals surface area contributed by atoms with Gasteiger partial charge in [0.05, 0.1) is 12.7 Å². The molecule has 4 fully saturated rings. The monoisotopic (exact) mass is 506 g/mol. The Labute approximate surface area is 224 Å². The van der Waals surface area contributed by atoms with Crippen LogP contribution >= 0.6 is 0 Å². The molecule has 0 N–H and O–H groups in total. The van der Waals surface area contributed by atoms with Gasteiger partial charge in [-0.1, -0.05) is 13.0 Å². The van der Waals surface area contributed by atoms with Crippen LogP contribution in [0.2, 0.25) is 0 Å². The van der Waals surface area contributed by atoms with Crippen molar-refractivity contribution < 1.29 is 18.9 Å². The molecule has 6 rings (SSSR count). The van der Waals surface area contributed by atoms with Crippen molar-refractivity contribution in [3.05, 3.63) is 29.3 Å². The Balaban J connectivity index is 1.24. The summed E-state index contributed by atoms with van der Waals surface area (Å²) >= 11 is 0. The van der Waals surface area contributed by atoms with E-state index in [-0.39, 0.29) is 18.0 Å². The standard InChI is InChI=1S/C33H46O4/c1-3-4-5-10-24-22-33(2)28(17-18-29(33)37-31-12-7-9-20-35-31)27-15-13-23-21-25(14-16-26(23)32(24)27)36-30-11-6-8-19-34-30/h14,16,21,24,27-32H,5-13,15,17-20,22H2,1-2H3/t24-,27?,28?,29-,30?,31?,32?,33-/m0/s1. The van der Waals surface area contributed by atoms with Crippen LogP contribution in [0.5, 0.6) is 5.75 Å². The largest absolute Gasteiger partial charge is 0.465 e. The highest BCUT2D eigenvalue weighted by Gasteiger charge is 2.58. The molecule has 4 nitrogen and oxygen atoms in total. The molecule has 3 aliphatic carbocycles. The molecular weight excluding hydrogens is 460 g/mol. The van der Waals surface area contributed by atoms with Gasteiger partial charge in [0.25, 0.3) is 0 Å². The summed E-state index contributed by atoms with van der Waals surface area (Å²) in [6.07, 6.45) is 15.4. The number of rotatable bonds is 6. The van der Waals surface area contributed by atoms with Gasteiger partial charge in [0, 0.05) is 19.4 Å². The van der Waals surface area contributed by atoms with Gasteiger partial charge in [-0.25, -0.2) is 0 Å². The lowest BCUT2D eigenvalue weighted by Crippen LogP contribution is -2.49. The second-order valence-corrected chi connectivity index (χ2v) is 12.5. The van der Waals surface area contributed by atoms with E-state index in [1.165, 1.54) is 56.9 Å². The Morgan fingerprint density at radius 1 is 0.973 bits per heavy atom. The van der Waals surface area contributed by atoms with Crippen LogP contribution in [0.15, 0.2) is 18.2 Å². The van der Waals surface area contributed by atoms with Crippen LogP contribution in [0.1, 0.15) is 108 Å². The van der Waals surface area contributed by atoms with E-state index in [2.05, 4.69) is 37.0 Å². The lowest BCUT2D eigenvalue weighted by atomic mass is 9.51. The van der Waals surface area contributed by atoms with Gasteiger partial charge in [-0.3, -0.25) is 0 Å². The van der Waals surface area contributed by atoms with Crippen LogP contribution in [-0.4, -0.2) is 31.9 Å². The smallest absolute Gasteiger partial charge is 0.199 e. The van der Waals surface area contributed by atoms with Crippen molar-refractivity contribution in [2.24, 2.45) is 23.2 Å². The highest BCUT2D eigenvalue weighted by molar-refractivity contribution is 5.41. The molecule has 0 radical (unpaired) electrons. The molecule has 2 saturated heterocycles. The highest BCUT2D eigenvalue weighted by Crippen LogP contribution is 2.64. The Morgan fingerprint density at radius 3 is 2.54 bits per heavy atom. The minimum atomic E-state index is -0.0811. The molecule has 8 atom stereocenters. The molecule has 5 aliphatic rings. The van der Waals surface area contributed by atoms with Crippen molar-refractivity contribution in [3.8, 4) is 17.6 Å². The van der Waals surface area contributed by atoms with Crippen LogP contribution in [0.25, 0.3) is 0 Å². The van der Waals surface area contributed by atoms with E-state index in [9.17, 15) is 0 Å². The lowest BCUT2D eigenvalue weighted by molar-refractivity contribution is -0.215. The van der Waals surface area contributed by atoms with Crippen LogP contribution < -0.4 is 4.74 Å². The first-order valence-electron chi connectivity index (χ1n) is 15.2. The topological polar surface area (TPSA) is 36.9 Å². The molecule has 0 amide bonds. The molecule has 2 saturated carbocycles. The van der Waals surface area contributed by atoms with E-state index in [1.807, 2.05) is 6.92 Å². The number of ether oxygens (including phenoxy) is 4. The number of benzene rings is 1. The first-order valence-corrected chi connectivity index (χ1v) is 15.2. The second kappa shape index (κ2) is 11.3. The third-order valence-electron chi connectivity index (χ3n) is 10.4. The average Bonchev–Trinajstić information content (AvgIpc) is 3.25. The maximum absolute atomic E-state index is 6.76. The molecule has 202 valence electrons. The van der Waals surface area contributed by atoms with Gasteiger partial charge in [0.1, 0.15) is 5.75 Å². The van der Waals surface area contributed by atoms with E-state index in [0.29, 0.717) is 17.9 Å². The zero-order valence-electron chi connectivity index (χ0n) is 23.0. The average molecular weight is 507 g/mol. The van der Waals surface area contributed by atoms with Crippen molar-refractivity contribution in [2.75, 3.05) is 13.2 Å². The van der Waals surface area contributed by atoms with Crippen molar-refractivity contribution in [3.63, 3.8) is 0 Å². The van der Waals surface area contributed by atoms with E-state index >= 15 is 0 Å². The summed E-state index contributed by atoms with van der Waals surface area (Å²) in [6.45, 7) is 6.21. The predicted molar refractivity (Wildman–Crippen MR) is 145 cm³/mol. The summed E-state index contributed by atoms with van der Waals surface area (Å²) in [5, 5.41) is 0. The molecule has 4 heteroatoms. The SMILES string of the molecule is CC#CCC[C@H]1C[C@@]2(C)C(CC[C@@H]2OC2CCCCO2)C2CCc3cc(OC4CCCCO4)ccc3C21. The minimum absolute atomic E-state index is 0.00935. The Bertz CT molecular complexity index is 982. The zero-order valence-corrected chi connectivity index (χ0v) is 23.0. The number of aryl methyl sites for hydroxylation is 1. The van der Waals surface area contributed by atoms with Gasteiger partial charge in [-0.05, 0) is 130 Å². The molecular formula is C33H46O4. The molecule has 0 spiro atoms. The molecule has 0 bridgehead atoms. The molecule has 1 aromatic rings. The summed E-state index contributed by atoms with van der Waals surface area (Å²) in [6, 6.07) is 6.96. The molecule has 2 aliphatic heterocycles. The summed E-state index contributed by atoms with van der Waals surface area (Å²) in [4.78, 5) is 0. The number of hydrogen-bond donors (Lipinski definition) is 0. The van der Waals surface area contributed by atoms with E-state index in [4.69, 9.17) is 18.9 Å². The van der Waals surface area contributed by atoms with Gasteiger partial charge < -0.3 is 18.9 Å². The summed E-state index contributed by atoms with van der Waals surface area (Å²) in [7, 11) is 0.